The molecule has 164 valence electrons. The van der Waals surface area contributed by atoms with E-state index in [1.54, 1.807) is 6.07 Å². The summed E-state index contributed by atoms with van der Waals surface area (Å²) in [6, 6.07) is 11.2. The highest BCUT2D eigenvalue weighted by Gasteiger charge is 2.41. The van der Waals surface area contributed by atoms with Gasteiger partial charge in [0.25, 0.3) is 0 Å². The Morgan fingerprint density at radius 3 is 2.48 bits per heavy atom. The molecule has 1 fully saturated rings. The van der Waals surface area contributed by atoms with E-state index in [2.05, 4.69) is 19.2 Å². The molecule has 0 aromatic heterocycles. The minimum Gasteiger partial charge on any atom is -0.481 e. The van der Waals surface area contributed by atoms with Gasteiger partial charge >= 0.3 is 5.97 Å². The Hall–Kier alpha value is -3.06. The zero-order valence-corrected chi connectivity index (χ0v) is 17.9. The summed E-state index contributed by atoms with van der Waals surface area (Å²) in [6.07, 6.45) is 2.15. The van der Waals surface area contributed by atoms with E-state index in [0.717, 1.165) is 35.2 Å². The second kappa shape index (κ2) is 8.98. The molecule has 0 saturated carbocycles. The number of hydrogen-bond acceptors (Lipinski definition) is 5. The van der Waals surface area contributed by atoms with Crippen molar-refractivity contribution in [2.24, 2.45) is 5.92 Å². The maximum atomic E-state index is 13.0. The van der Waals surface area contributed by atoms with E-state index in [9.17, 15) is 14.7 Å². The minimum atomic E-state index is -0.852. The number of likely N-dealkylation sites (tertiary alicyclic amines) is 1. The molecule has 2 aromatic carbocycles. The third-order valence-corrected chi connectivity index (χ3v) is 6.17. The molecular weight excluding hydrogens is 396 g/mol. The van der Waals surface area contributed by atoms with Gasteiger partial charge in [0.2, 0.25) is 12.7 Å². The first kappa shape index (κ1) is 21.2. The topological polar surface area (TPSA) is 88.1 Å². The summed E-state index contributed by atoms with van der Waals surface area (Å²) < 4.78 is 10.8. The molecule has 1 saturated heterocycles. The molecule has 7 nitrogen and oxygen atoms in total. The number of anilines is 1. The highest BCUT2D eigenvalue weighted by atomic mass is 16.7. The molecule has 0 bridgehead atoms. The molecule has 2 heterocycles. The SMILES string of the molecule is CCc1cccc(CC)c1NC(=O)CN1CCC(C(=O)O)C1c1ccc2c(c1)OCO2. The second-order valence-electron chi connectivity index (χ2n) is 7.97. The molecule has 7 heteroatoms. The Balaban J connectivity index is 1.56. The van der Waals surface area contributed by atoms with Crippen LogP contribution in [0.5, 0.6) is 11.5 Å². The number of hydrogen-bond donors (Lipinski definition) is 2. The Kier molecular flexibility index (Phi) is 6.13. The zero-order valence-electron chi connectivity index (χ0n) is 17.9. The van der Waals surface area contributed by atoms with Gasteiger partial charge in [0.15, 0.2) is 11.5 Å². The first-order valence-electron chi connectivity index (χ1n) is 10.8. The van der Waals surface area contributed by atoms with Crippen LogP contribution in [0.4, 0.5) is 5.69 Å². The lowest BCUT2D eigenvalue weighted by molar-refractivity contribution is -0.142. The summed E-state index contributed by atoms with van der Waals surface area (Å²) in [6.45, 7) is 4.97. The van der Waals surface area contributed by atoms with Crippen molar-refractivity contribution < 1.29 is 24.2 Å². The quantitative estimate of drug-likeness (QED) is 0.706. The Labute approximate surface area is 182 Å². The molecule has 2 aromatic rings. The van der Waals surface area contributed by atoms with Gasteiger partial charge in [-0.1, -0.05) is 38.1 Å². The lowest BCUT2D eigenvalue weighted by atomic mass is 9.93. The number of aryl methyl sites for hydroxylation is 2. The molecule has 2 N–H and O–H groups in total. The number of rotatable bonds is 7. The Morgan fingerprint density at radius 1 is 1.10 bits per heavy atom. The average molecular weight is 424 g/mol. The molecule has 0 radical (unpaired) electrons. The minimum absolute atomic E-state index is 0.129. The highest BCUT2D eigenvalue weighted by Crippen LogP contribution is 2.41. The predicted molar refractivity (Wildman–Crippen MR) is 116 cm³/mol. The lowest BCUT2D eigenvalue weighted by Gasteiger charge is -2.27. The fourth-order valence-corrected chi connectivity index (χ4v) is 4.60. The van der Waals surface area contributed by atoms with E-state index in [1.165, 1.54) is 0 Å². The van der Waals surface area contributed by atoms with Crippen molar-refractivity contribution >= 4 is 17.6 Å². The molecule has 0 aliphatic carbocycles. The summed E-state index contributed by atoms with van der Waals surface area (Å²) in [5, 5.41) is 12.9. The average Bonchev–Trinajstić information content (AvgIpc) is 3.40. The van der Waals surface area contributed by atoms with E-state index >= 15 is 0 Å². The highest BCUT2D eigenvalue weighted by molar-refractivity contribution is 5.94. The first-order chi connectivity index (χ1) is 15.0. The molecule has 0 spiro atoms. The van der Waals surface area contributed by atoms with Gasteiger partial charge in [0.1, 0.15) is 0 Å². The second-order valence-corrected chi connectivity index (χ2v) is 7.97. The smallest absolute Gasteiger partial charge is 0.308 e. The van der Waals surface area contributed by atoms with Gasteiger partial charge in [0, 0.05) is 18.3 Å². The Bertz CT molecular complexity index is 968. The fourth-order valence-electron chi connectivity index (χ4n) is 4.60. The van der Waals surface area contributed by atoms with Crippen LogP contribution in [-0.2, 0) is 22.4 Å². The van der Waals surface area contributed by atoms with Crippen molar-refractivity contribution in [1.82, 2.24) is 4.90 Å². The van der Waals surface area contributed by atoms with Crippen molar-refractivity contribution in [3.05, 3.63) is 53.1 Å². The number of carboxylic acid groups (broad SMARTS) is 1. The van der Waals surface area contributed by atoms with E-state index in [4.69, 9.17) is 9.47 Å². The lowest BCUT2D eigenvalue weighted by Crippen LogP contribution is -2.35. The number of ether oxygens (including phenoxy) is 2. The molecule has 31 heavy (non-hydrogen) atoms. The number of carbonyl (C=O) groups is 2. The van der Waals surface area contributed by atoms with Crippen LogP contribution in [-0.4, -0.2) is 41.8 Å². The molecular formula is C24H28N2O5. The van der Waals surface area contributed by atoms with E-state index in [-0.39, 0.29) is 19.2 Å². The summed E-state index contributed by atoms with van der Waals surface area (Å²) in [5.74, 6) is -0.298. The first-order valence-corrected chi connectivity index (χ1v) is 10.8. The number of nitrogens with one attached hydrogen (secondary N) is 1. The Morgan fingerprint density at radius 2 is 1.81 bits per heavy atom. The van der Waals surface area contributed by atoms with Crippen molar-refractivity contribution in [2.45, 2.75) is 39.2 Å². The van der Waals surface area contributed by atoms with Crippen molar-refractivity contribution in [3.63, 3.8) is 0 Å². The number of carboxylic acids is 1. The van der Waals surface area contributed by atoms with Crippen LogP contribution in [0.25, 0.3) is 0 Å². The van der Waals surface area contributed by atoms with Crippen LogP contribution in [0.2, 0.25) is 0 Å². The number of para-hydroxylation sites is 1. The van der Waals surface area contributed by atoms with Crippen LogP contribution in [0.1, 0.15) is 43.0 Å². The zero-order chi connectivity index (χ0) is 22.0. The van der Waals surface area contributed by atoms with E-state index < -0.39 is 17.9 Å². The van der Waals surface area contributed by atoms with Crippen LogP contribution in [0.3, 0.4) is 0 Å². The number of amides is 1. The normalized spacial score (nSPS) is 20.1. The molecule has 2 atom stereocenters. The maximum Gasteiger partial charge on any atom is 0.308 e. The molecule has 2 unspecified atom stereocenters. The number of benzene rings is 2. The van der Waals surface area contributed by atoms with E-state index in [1.807, 2.05) is 35.2 Å². The van der Waals surface area contributed by atoms with Crippen LogP contribution in [0, 0.1) is 5.92 Å². The van der Waals surface area contributed by atoms with Crippen molar-refractivity contribution in [3.8, 4) is 11.5 Å². The molecule has 2 aliphatic heterocycles. The summed E-state index contributed by atoms with van der Waals surface area (Å²) in [5.41, 5.74) is 3.91. The largest absolute Gasteiger partial charge is 0.481 e. The van der Waals surface area contributed by atoms with Gasteiger partial charge in [0.05, 0.1) is 12.5 Å². The van der Waals surface area contributed by atoms with Gasteiger partial charge < -0.3 is 19.9 Å². The summed E-state index contributed by atoms with van der Waals surface area (Å²) in [7, 11) is 0. The van der Waals surface area contributed by atoms with Crippen molar-refractivity contribution in [2.75, 3.05) is 25.2 Å². The molecule has 2 aliphatic rings. The van der Waals surface area contributed by atoms with Crippen LogP contribution >= 0.6 is 0 Å². The molecule has 4 rings (SSSR count). The predicted octanol–water partition coefficient (Wildman–Crippen LogP) is 3.63. The standard InChI is InChI=1S/C24H28N2O5/c1-3-15-6-5-7-16(4-2)22(15)25-21(27)13-26-11-10-18(24(28)29)23(26)17-8-9-19-20(12-17)31-14-30-19/h5-9,12,18,23H,3-4,10-11,13-14H2,1-2H3,(H,25,27)(H,28,29). The van der Waals surface area contributed by atoms with Crippen LogP contribution < -0.4 is 14.8 Å². The van der Waals surface area contributed by atoms with Gasteiger partial charge in [-0.15, -0.1) is 0 Å². The maximum absolute atomic E-state index is 13.0. The van der Waals surface area contributed by atoms with Gasteiger partial charge in [-0.3, -0.25) is 14.5 Å². The molecule has 1 amide bonds. The number of nitrogens with zero attached hydrogens (tertiary/aromatic N) is 1. The summed E-state index contributed by atoms with van der Waals surface area (Å²) >= 11 is 0. The van der Waals surface area contributed by atoms with Gasteiger partial charge in [-0.05, 0) is 48.1 Å². The number of fused-ring (bicyclic) bond motifs is 1. The van der Waals surface area contributed by atoms with Gasteiger partial charge in [-0.25, -0.2) is 0 Å². The fraction of sp³-hybridized carbons (Fsp3) is 0.417. The number of aliphatic carboxylic acids is 1. The summed E-state index contributed by atoms with van der Waals surface area (Å²) in [4.78, 5) is 26.9. The van der Waals surface area contributed by atoms with Gasteiger partial charge in [-0.2, -0.15) is 0 Å². The van der Waals surface area contributed by atoms with E-state index in [0.29, 0.717) is 24.5 Å². The monoisotopic (exact) mass is 424 g/mol. The van der Waals surface area contributed by atoms with Crippen LogP contribution in [0.15, 0.2) is 36.4 Å². The third kappa shape index (κ3) is 4.23. The number of carbonyl (C=O) groups excluding carboxylic acids is 1. The third-order valence-electron chi connectivity index (χ3n) is 6.17. The van der Waals surface area contributed by atoms with Crippen molar-refractivity contribution in [1.29, 1.82) is 0 Å².